The fourth-order valence-corrected chi connectivity index (χ4v) is 8.67. The maximum absolute atomic E-state index is 10.2. The van der Waals surface area contributed by atoms with Crippen LogP contribution in [0.25, 0.3) is 0 Å². The molecule has 1 nitrogen and oxygen atoms in total. The smallest absolute Gasteiger partial charge is 0.0577 e. The van der Waals surface area contributed by atoms with Crippen LogP contribution in [-0.4, -0.2) is 11.2 Å². The van der Waals surface area contributed by atoms with Crippen molar-refractivity contribution in [1.82, 2.24) is 0 Å². The quantitative estimate of drug-likeness (QED) is 0.363. The third kappa shape index (κ3) is 4.16. The molecule has 0 spiro atoms. The van der Waals surface area contributed by atoms with Gasteiger partial charge in [-0.25, -0.2) is 0 Å². The van der Waals surface area contributed by atoms with Gasteiger partial charge in [-0.15, -0.1) is 12.8 Å². The van der Waals surface area contributed by atoms with Gasteiger partial charge < -0.3 is 5.11 Å². The first-order valence-corrected chi connectivity index (χ1v) is 13.0. The van der Waals surface area contributed by atoms with Crippen LogP contribution in [0, 0.1) is 59.2 Å². The van der Waals surface area contributed by atoms with E-state index in [2.05, 4.69) is 53.5 Å². The molecule has 0 unspecified atom stereocenters. The lowest BCUT2D eigenvalue weighted by Crippen LogP contribution is -2.50. The summed E-state index contributed by atoms with van der Waals surface area (Å²) in [5.74, 6) is 5.46. The van der Waals surface area contributed by atoms with E-state index in [0.29, 0.717) is 10.8 Å². The Hall–Kier alpha value is -0.740. The van der Waals surface area contributed by atoms with E-state index in [1.54, 1.807) is 5.57 Å². The Labute approximate surface area is 187 Å². The predicted octanol–water partition coefficient (Wildman–Crippen LogP) is 7.64. The van der Waals surface area contributed by atoms with Crippen molar-refractivity contribution in [2.24, 2.45) is 46.3 Å². The van der Waals surface area contributed by atoms with Crippen molar-refractivity contribution in [2.45, 2.75) is 111 Å². The molecule has 0 heterocycles. The van der Waals surface area contributed by atoms with Gasteiger partial charge in [0, 0.05) is 0 Å². The summed E-state index contributed by atoms with van der Waals surface area (Å²) in [5.41, 5.74) is 2.60. The number of fused-ring (bicyclic) bond motifs is 5. The molecule has 3 saturated carbocycles. The van der Waals surface area contributed by atoms with Crippen LogP contribution in [0.4, 0.5) is 0 Å². The molecule has 0 aliphatic heterocycles. The molecule has 0 aromatic heterocycles. The Bertz CT molecular complexity index is 630. The van der Waals surface area contributed by atoms with Crippen molar-refractivity contribution in [1.29, 1.82) is 0 Å². The van der Waals surface area contributed by atoms with Crippen LogP contribution < -0.4 is 0 Å². The van der Waals surface area contributed by atoms with Crippen LogP contribution in [0.15, 0.2) is 11.6 Å². The van der Waals surface area contributed by atoms with E-state index in [1.807, 2.05) is 0 Å². The maximum atomic E-state index is 10.2. The zero-order chi connectivity index (χ0) is 22.1. The van der Waals surface area contributed by atoms with Gasteiger partial charge in [0.1, 0.15) is 0 Å². The molecule has 3 fully saturated rings. The fraction of sp³-hybridized carbons (Fsp3) is 0.862. The number of terminal acetylenes is 1. The van der Waals surface area contributed by atoms with Gasteiger partial charge in [0.05, 0.1) is 6.10 Å². The zero-order valence-corrected chi connectivity index (χ0v) is 20.5. The second-order valence-electron chi connectivity index (χ2n) is 12.2. The minimum absolute atomic E-state index is 0.0766. The van der Waals surface area contributed by atoms with E-state index in [4.69, 9.17) is 0 Å². The fourth-order valence-electron chi connectivity index (χ4n) is 8.67. The number of aliphatic hydroxyl groups is 1. The Morgan fingerprint density at radius 3 is 2.43 bits per heavy atom. The highest BCUT2D eigenvalue weighted by molar-refractivity contribution is 5.25. The maximum Gasteiger partial charge on any atom is 0.0577 e. The number of hydrogen-bond donors (Lipinski definition) is 1. The summed E-state index contributed by atoms with van der Waals surface area (Å²) in [6.45, 7) is 12.6. The first-order chi connectivity index (χ1) is 14.3. The van der Waals surface area contributed by atoms with Gasteiger partial charge in [-0.3, -0.25) is 0 Å². The molecule has 4 aliphatic carbocycles. The largest absolute Gasteiger partial charge is 0.393 e. The highest BCUT2D eigenvalue weighted by Gasteiger charge is 2.59. The molecule has 0 aromatic rings. The molecule has 1 N–H and O–H groups in total. The molecule has 0 aromatic carbocycles. The van der Waals surface area contributed by atoms with Crippen molar-refractivity contribution >= 4 is 0 Å². The van der Waals surface area contributed by atoms with E-state index in [0.717, 1.165) is 48.3 Å². The Balaban J connectivity index is 0.00000124. The van der Waals surface area contributed by atoms with Crippen LogP contribution in [-0.2, 0) is 0 Å². The summed E-state index contributed by atoms with van der Waals surface area (Å²) in [4.78, 5) is 0. The Morgan fingerprint density at radius 1 is 1.00 bits per heavy atom. The minimum atomic E-state index is -0.0766. The molecule has 0 radical (unpaired) electrons. The summed E-state index contributed by atoms with van der Waals surface area (Å²) in [6.07, 6.45) is 25.2. The van der Waals surface area contributed by atoms with Gasteiger partial charge in [-0.2, -0.15) is 0 Å². The number of allylic oxidation sites excluding steroid dienone is 1. The van der Waals surface area contributed by atoms with Gasteiger partial charge in [0.2, 0.25) is 0 Å². The molecule has 170 valence electrons. The van der Waals surface area contributed by atoms with E-state index in [9.17, 15) is 5.11 Å². The molecule has 0 amide bonds. The van der Waals surface area contributed by atoms with Crippen LogP contribution in [0.1, 0.15) is 105 Å². The zero-order valence-electron chi connectivity index (χ0n) is 20.5. The van der Waals surface area contributed by atoms with E-state index in [1.165, 1.54) is 57.8 Å². The standard InChI is InChI=1S/C27H46O.C2H2/c1-18(2)7-6-8-19(3)23-11-12-24-22-10-9-20-17-21(28)13-15-26(20,4)25(22)14-16-27(23,24)5;1-2/h9,18-19,21-25,28H,6-8,10-17H2,1-5H3;1-2H/t19-,21+,22+,23-,24+,25+,26+,27-;/m1./s1. The first-order valence-electron chi connectivity index (χ1n) is 13.0. The lowest BCUT2D eigenvalue weighted by atomic mass is 9.47. The average molecular weight is 413 g/mol. The molecule has 8 atom stereocenters. The van der Waals surface area contributed by atoms with Crippen molar-refractivity contribution in [3.63, 3.8) is 0 Å². The lowest BCUT2D eigenvalue weighted by molar-refractivity contribution is -0.0573. The summed E-state index contributed by atoms with van der Waals surface area (Å²) >= 11 is 0. The second kappa shape index (κ2) is 9.40. The number of rotatable bonds is 5. The second-order valence-corrected chi connectivity index (χ2v) is 12.2. The van der Waals surface area contributed by atoms with Crippen molar-refractivity contribution < 1.29 is 5.11 Å². The van der Waals surface area contributed by atoms with Crippen molar-refractivity contribution in [3.05, 3.63) is 11.6 Å². The molecule has 0 saturated heterocycles. The molecule has 1 heteroatoms. The normalized spacial score (nSPS) is 43.5. The highest BCUT2D eigenvalue weighted by atomic mass is 16.3. The van der Waals surface area contributed by atoms with Crippen LogP contribution in [0.2, 0.25) is 0 Å². The summed E-state index contributed by atoms with van der Waals surface area (Å²) in [5, 5.41) is 10.2. The van der Waals surface area contributed by atoms with E-state index in [-0.39, 0.29) is 6.10 Å². The topological polar surface area (TPSA) is 20.2 Å². The molecule has 4 aliphatic rings. The third-order valence-electron chi connectivity index (χ3n) is 10.3. The van der Waals surface area contributed by atoms with Crippen molar-refractivity contribution in [2.75, 3.05) is 0 Å². The van der Waals surface area contributed by atoms with E-state index >= 15 is 0 Å². The summed E-state index contributed by atoms with van der Waals surface area (Å²) in [6, 6.07) is 0. The van der Waals surface area contributed by atoms with Gasteiger partial charge in [0.15, 0.2) is 0 Å². The predicted molar refractivity (Wildman–Crippen MR) is 129 cm³/mol. The Kier molecular flexibility index (Phi) is 7.49. The molecular formula is C29H48O. The number of aliphatic hydroxyl groups excluding tert-OH is 1. The number of hydrogen-bond acceptors (Lipinski definition) is 1. The van der Waals surface area contributed by atoms with Crippen LogP contribution >= 0.6 is 0 Å². The van der Waals surface area contributed by atoms with Gasteiger partial charge in [-0.1, -0.05) is 65.5 Å². The molecule has 4 rings (SSSR count). The van der Waals surface area contributed by atoms with Crippen molar-refractivity contribution in [3.8, 4) is 12.8 Å². The molecule has 0 bridgehead atoms. The average Bonchev–Trinajstić information content (AvgIpc) is 3.07. The summed E-state index contributed by atoms with van der Waals surface area (Å²) in [7, 11) is 0. The highest BCUT2D eigenvalue weighted by Crippen LogP contribution is 2.67. The third-order valence-corrected chi connectivity index (χ3v) is 10.3. The van der Waals surface area contributed by atoms with E-state index < -0.39 is 0 Å². The summed E-state index contributed by atoms with van der Waals surface area (Å²) < 4.78 is 0. The lowest BCUT2D eigenvalue weighted by Gasteiger charge is -2.58. The monoisotopic (exact) mass is 412 g/mol. The van der Waals surface area contributed by atoms with Gasteiger partial charge in [0.25, 0.3) is 0 Å². The minimum Gasteiger partial charge on any atom is -0.393 e. The van der Waals surface area contributed by atoms with Crippen LogP contribution in [0.5, 0.6) is 0 Å². The molecule has 30 heavy (non-hydrogen) atoms. The molecular weight excluding hydrogens is 364 g/mol. The van der Waals surface area contributed by atoms with Gasteiger partial charge >= 0.3 is 0 Å². The Morgan fingerprint density at radius 2 is 1.73 bits per heavy atom. The van der Waals surface area contributed by atoms with Crippen LogP contribution in [0.3, 0.4) is 0 Å². The van der Waals surface area contributed by atoms with Gasteiger partial charge in [-0.05, 0) is 97.7 Å². The SMILES string of the molecule is C#C.CC(C)CCC[C@@H](C)[C@H]1CC[C@H]2[C@@H]3CC=C4C[C@@H](O)CC[C@]4(C)[C@H]3CC[C@]12C. The first kappa shape index (κ1) is 23.9.